The molecule has 0 saturated carbocycles. The Hall–Kier alpha value is -2.49. The minimum absolute atomic E-state index is 0.156. The van der Waals surface area contributed by atoms with E-state index in [1.54, 1.807) is 12.3 Å². The second-order valence-electron chi connectivity index (χ2n) is 7.42. The summed E-state index contributed by atoms with van der Waals surface area (Å²) < 4.78 is 33.0. The van der Waals surface area contributed by atoms with Crippen LogP contribution in [0, 0.1) is 5.92 Å². The molecule has 1 fully saturated rings. The molecule has 0 aliphatic carbocycles. The third-order valence-electron chi connectivity index (χ3n) is 5.00. The Morgan fingerprint density at radius 2 is 2.10 bits per heavy atom. The van der Waals surface area contributed by atoms with Gasteiger partial charge in [0.2, 0.25) is 10.0 Å². The lowest BCUT2D eigenvalue weighted by Gasteiger charge is -2.21. The van der Waals surface area contributed by atoms with Crippen molar-refractivity contribution in [2.45, 2.75) is 24.8 Å². The van der Waals surface area contributed by atoms with E-state index in [1.807, 2.05) is 25.1 Å². The molecule has 1 aliphatic rings. The number of likely N-dealkylation sites (tertiary alicyclic amines) is 1. The molecule has 31 heavy (non-hydrogen) atoms. The Morgan fingerprint density at radius 3 is 2.84 bits per heavy atom. The number of nitrogens with zero attached hydrogens (tertiary/aromatic N) is 3. The van der Waals surface area contributed by atoms with Crippen LogP contribution in [0.3, 0.4) is 0 Å². The number of aromatic nitrogens is 1. The van der Waals surface area contributed by atoms with Crippen LogP contribution in [-0.2, 0) is 21.4 Å². The van der Waals surface area contributed by atoms with Crippen molar-refractivity contribution in [2.75, 3.05) is 39.3 Å². The maximum atomic E-state index is 12.3. The molecule has 1 aromatic heterocycles. The van der Waals surface area contributed by atoms with Gasteiger partial charge in [-0.2, -0.15) is 0 Å². The Bertz CT molecular complexity index is 923. The lowest BCUT2D eigenvalue weighted by Crippen LogP contribution is -2.40. The number of nitrogens with one attached hydrogen (secondary N) is 2. The molecule has 0 spiro atoms. The fraction of sp³-hybridized carbons (Fsp3) is 0.455. The molecule has 1 aromatic carbocycles. The molecule has 2 heterocycles. The van der Waals surface area contributed by atoms with Crippen molar-refractivity contribution in [2.24, 2.45) is 10.9 Å². The van der Waals surface area contributed by atoms with Crippen molar-refractivity contribution in [1.29, 1.82) is 0 Å². The Balaban J connectivity index is 1.44. The van der Waals surface area contributed by atoms with Crippen molar-refractivity contribution in [3.63, 3.8) is 0 Å². The van der Waals surface area contributed by atoms with Crippen LogP contribution >= 0.6 is 0 Å². The van der Waals surface area contributed by atoms with Crippen LogP contribution in [0.25, 0.3) is 0 Å². The molecule has 3 rings (SSSR count). The highest BCUT2D eigenvalue weighted by molar-refractivity contribution is 7.89. The number of hydrogen-bond acceptors (Lipinski definition) is 5. The summed E-state index contributed by atoms with van der Waals surface area (Å²) >= 11 is 0. The number of pyridine rings is 1. The highest BCUT2D eigenvalue weighted by atomic mass is 32.2. The van der Waals surface area contributed by atoms with Crippen LogP contribution in [0.15, 0.2) is 64.7 Å². The zero-order valence-corrected chi connectivity index (χ0v) is 18.7. The van der Waals surface area contributed by atoms with Crippen LogP contribution in [0.5, 0.6) is 0 Å². The Morgan fingerprint density at radius 1 is 1.26 bits per heavy atom. The number of sulfonamides is 1. The molecular weight excluding hydrogens is 414 g/mol. The molecule has 1 saturated heterocycles. The summed E-state index contributed by atoms with van der Waals surface area (Å²) in [5.74, 6) is 1.27. The van der Waals surface area contributed by atoms with Gasteiger partial charge in [-0.15, -0.1) is 0 Å². The number of ether oxygens (including phenoxy) is 1. The Labute approximate surface area is 184 Å². The van der Waals surface area contributed by atoms with Gasteiger partial charge in [-0.05, 0) is 31.0 Å². The van der Waals surface area contributed by atoms with Crippen molar-refractivity contribution in [1.82, 2.24) is 19.9 Å². The molecule has 0 bridgehead atoms. The van der Waals surface area contributed by atoms with Gasteiger partial charge in [-0.25, -0.2) is 13.1 Å². The van der Waals surface area contributed by atoms with Crippen LogP contribution in [0.2, 0.25) is 0 Å². The molecule has 0 amide bonds. The molecule has 2 aromatic rings. The molecule has 2 N–H and O–H groups in total. The lowest BCUT2D eigenvalue weighted by molar-refractivity contribution is 0.0907. The fourth-order valence-electron chi connectivity index (χ4n) is 3.44. The Kier molecular flexibility index (Phi) is 8.81. The predicted molar refractivity (Wildman–Crippen MR) is 121 cm³/mol. The van der Waals surface area contributed by atoms with Crippen molar-refractivity contribution < 1.29 is 13.2 Å². The second kappa shape index (κ2) is 11.8. The molecule has 9 heteroatoms. The smallest absolute Gasteiger partial charge is 0.242 e. The summed E-state index contributed by atoms with van der Waals surface area (Å²) in [6.07, 6.45) is 3.93. The van der Waals surface area contributed by atoms with Gasteiger partial charge in [0.15, 0.2) is 5.96 Å². The first kappa shape index (κ1) is 23.2. The van der Waals surface area contributed by atoms with E-state index in [0.29, 0.717) is 19.1 Å². The topological polar surface area (TPSA) is 95.9 Å². The summed E-state index contributed by atoms with van der Waals surface area (Å²) in [5.41, 5.74) is 1.18. The number of hydrogen-bond donors (Lipinski definition) is 2. The zero-order chi connectivity index (χ0) is 21.9. The summed E-state index contributed by atoms with van der Waals surface area (Å²) in [4.78, 5) is 10.8. The van der Waals surface area contributed by atoms with E-state index in [9.17, 15) is 8.42 Å². The summed E-state index contributed by atoms with van der Waals surface area (Å²) in [6.45, 7) is 6.49. The maximum absolute atomic E-state index is 12.3. The van der Waals surface area contributed by atoms with E-state index in [-0.39, 0.29) is 11.4 Å². The summed E-state index contributed by atoms with van der Waals surface area (Å²) in [7, 11) is -3.56. The van der Waals surface area contributed by atoms with Gasteiger partial charge in [0.05, 0.1) is 19.8 Å². The van der Waals surface area contributed by atoms with Gasteiger partial charge >= 0.3 is 0 Å². The standard InChI is InChI=1S/C22H31N5O3S/c1-2-24-22(25-12-13-26-31(28,29)21-9-6-11-23-15-21)27-14-10-20(16-27)18-30-17-19-7-4-3-5-8-19/h3-9,11,15,20,26H,2,10,12-14,16-18H2,1H3,(H,24,25). The fourth-order valence-corrected chi connectivity index (χ4v) is 4.42. The van der Waals surface area contributed by atoms with Gasteiger partial charge in [-0.3, -0.25) is 9.98 Å². The first-order valence-electron chi connectivity index (χ1n) is 10.6. The van der Waals surface area contributed by atoms with E-state index in [0.717, 1.165) is 38.6 Å². The van der Waals surface area contributed by atoms with Crippen molar-refractivity contribution in [3.05, 3.63) is 60.4 Å². The monoisotopic (exact) mass is 445 g/mol. The highest BCUT2D eigenvalue weighted by Gasteiger charge is 2.25. The number of guanidine groups is 1. The third-order valence-corrected chi connectivity index (χ3v) is 6.44. The number of aliphatic imine (C=N–C) groups is 1. The van der Waals surface area contributed by atoms with E-state index in [4.69, 9.17) is 4.74 Å². The predicted octanol–water partition coefficient (Wildman–Crippen LogP) is 1.86. The van der Waals surface area contributed by atoms with Crippen molar-refractivity contribution in [3.8, 4) is 0 Å². The zero-order valence-electron chi connectivity index (χ0n) is 17.9. The molecule has 1 atom stereocenters. The van der Waals surface area contributed by atoms with E-state index >= 15 is 0 Å². The van der Waals surface area contributed by atoms with Crippen LogP contribution in [-0.4, -0.2) is 63.6 Å². The number of rotatable bonds is 10. The first-order chi connectivity index (χ1) is 15.1. The van der Waals surface area contributed by atoms with Crippen molar-refractivity contribution >= 4 is 16.0 Å². The van der Waals surface area contributed by atoms with Gasteiger partial charge in [0, 0.05) is 44.5 Å². The van der Waals surface area contributed by atoms with Crippen LogP contribution in [0.4, 0.5) is 0 Å². The van der Waals surface area contributed by atoms with Gasteiger partial charge in [0.25, 0.3) is 0 Å². The summed E-state index contributed by atoms with van der Waals surface area (Å²) in [5, 5.41) is 3.30. The first-order valence-corrected chi connectivity index (χ1v) is 12.1. The average molecular weight is 446 g/mol. The van der Waals surface area contributed by atoms with E-state index < -0.39 is 10.0 Å². The van der Waals surface area contributed by atoms with Gasteiger partial charge in [-0.1, -0.05) is 30.3 Å². The van der Waals surface area contributed by atoms with E-state index in [1.165, 1.54) is 17.8 Å². The van der Waals surface area contributed by atoms with Gasteiger partial charge < -0.3 is 15.0 Å². The maximum Gasteiger partial charge on any atom is 0.242 e. The summed E-state index contributed by atoms with van der Waals surface area (Å²) in [6, 6.07) is 13.3. The second-order valence-corrected chi connectivity index (χ2v) is 9.19. The van der Waals surface area contributed by atoms with Gasteiger partial charge in [0.1, 0.15) is 4.90 Å². The molecule has 0 radical (unpaired) electrons. The molecular formula is C22H31N5O3S. The normalized spacial score (nSPS) is 17.1. The largest absolute Gasteiger partial charge is 0.376 e. The highest BCUT2D eigenvalue weighted by Crippen LogP contribution is 2.17. The minimum atomic E-state index is -3.56. The lowest BCUT2D eigenvalue weighted by atomic mass is 10.1. The third kappa shape index (κ3) is 7.30. The van der Waals surface area contributed by atoms with Crippen LogP contribution in [0.1, 0.15) is 18.9 Å². The average Bonchev–Trinajstić information content (AvgIpc) is 3.26. The minimum Gasteiger partial charge on any atom is -0.376 e. The van der Waals surface area contributed by atoms with E-state index in [2.05, 4.69) is 37.0 Å². The number of benzene rings is 1. The molecule has 8 nitrogen and oxygen atoms in total. The molecule has 1 aliphatic heterocycles. The SMILES string of the molecule is CCNC(=NCCNS(=O)(=O)c1cccnc1)N1CCC(COCc2ccccc2)C1. The molecule has 1 unspecified atom stereocenters. The quantitative estimate of drug-likeness (QED) is 0.329. The van der Waals surface area contributed by atoms with Crippen LogP contribution < -0.4 is 10.0 Å². The molecule has 168 valence electrons.